The molecule has 0 fully saturated rings. The number of hydrogen-bond donors (Lipinski definition) is 1. The van der Waals surface area contributed by atoms with Gasteiger partial charge in [-0.05, 0) is 50.1 Å². The Balaban J connectivity index is 1.62. The molecule has 1 aromatic heterocycles. The molecule has 156 valence electrons. The minimum Gasteiger partial charge on any atom is -0.465 e. The van der Waals surface area contributed by atoms with Gasteiger partial charge in [-0.25, -0.2) is 4.79 Å². The molecule has 0 radical (unpaired) electrons. The van der Waals surface area contributed by atoms with Crippen molar-refractivity contribution in [3.05, 3.63) is 46.3 Å². The van der Waals surface area contributed by atoms with Crippen molar-refractivity contribution < 1.29 is 14.3 Å². The van der Waals surface area contributed by atoms with E-state index in [1.807, 2.05) is 18.2 Å². The SMILES string of the molecule is COC(=O)c1c(NC(=O)CCCSc2ccccc2)sc2c1CCN(C(C)C)C2. The Morgan fingerprint density at radius 3 is 2.72 bits per heavy atom. The average molecular weight is 433 g/mol. The fraction of sp³-hybridized carbons (Fsp3) is 0.455. The number of benzene rings is 1. The molecule has 1 aliphatic heterocycles. The summed E-state index contributed by atoms with van der Waals surface area (Å²) in [5.74, 6) is 0.463. The zero-order valence-corrected chi connectivity index (χ0v) is 18.8. The number of ether oxygens (including phenoxy) is 1. The highest BCUT2D eigenvalue weighted by Crippen LogP contribution is 2.38. The lowest BCUT2D eigenvalue weighted by Gasteiger charge is -2.30. The van der Waals surface area contributed by atoms with Gasteiger partial charge in [0.25, 0.3) is 0 Å². The van der Waals surface area contributed by atoms with E-state index in [4.69, 9.17) is 4.74 Å². The van der Waals surface area contributed by atoms with E-state index < -0.39 is 0 Å². The second-order valence-electron chi connectivity index (χ2n) is 7.33. The maximum Gasteiger partial charge on any atom is 0.341 e. The number of nitrogens with one attached hydrogen (secondary N) is 1. The van der Waals surface area contributed by atoms with E-state index in [0.29, 0.717) is 23.0 Å². The molecule has 0 unspecified atom stereocenters. The molecule has 1 aliphatic rings. The van der Waals surface area contributed by atoms with Crippen molar-refractivity contribution in [1.29, 1.82) is 0 Å². The molecule has 0 bridgehead atoms. The van der Waals surface area contributed by atoms with Crippen LogP contribution >= 0.6 is 23.1 Å². The van der Waals surface area contributed by atoms with Gasteiger partial charge in [-0.2, -0.15) is 0 Å². The summed E-state index contributed by atoms with van der Waals surface area (Å²) in [5, 5.41) is 3.61. The molecule has 7 heteroatoms. The highest BCUT2D eigenvalue weighted by atomic mass is 32.2. The van der Waals surface area contributed by atoms with E-state index in [-0.39, 0.29) is 11.9 Å². The third-order valence-electron chi connectivity index (χ3n) is 5.02. The van der Waals surface area contributed by atoms with E-state index in [1.165, 1.54) is 23.3 Å². The number of rotatable bonds is 8. The second kappa shape index (κ2) is 10.3. The molecule has 5 nitrogen and oxygen atoms in total. The third kappa shape index (κ3) is 5.62. The van der Waals surface area contributed by atoms with Gasteiger partial charge >= 0.3 is 5.97 Å². The van der Waals surface area contributed by atoms with Crippen LogP contribution in [-0.2, 0) is 22.5 Å². The fourth-order valence-corrected chi connectivity index (χ4v) is 5.55. The van der Waals surface area contributed by atoms with Crippen LogP contribution in [0.4, 0.5) is 5.00 Å². The van der Waals surface area contributed by atoms with E-state index in [9.17, 15) is 9.59 Å². The standard InChI is InChI=1S/C22H28N2O3S2/c1-15(2)24-12-11-17-18(14-24)29-21(20(17)22(26)27-3)23-19(25)10-7-13-28-16-8-5-4-6-9-16/h4-6,8-9,15H,7,10-14H2,1-3H3,(H,23,25). The van der Waals surface area contributed by atoms with E-state index in [1.54, 1.807) is 11.8 Å². The first-order valence-electron chi connectivity index (χ1n) is 9.94. The van der Waals surface area contributed by atoms with Crippen LogP contribution < -0.4 is 5.32 Å². The number of esters is 1. The summed E-state index contributed by atoms with van der Waals surface area (Å²) >= 11 is 3.26. The highest BCUT2D eigenvalue weighted by Gasteiger charge is 2.29. The normalized spacial score (nSPS) is 13.9. The number of hydrogen-bond acceptors (Lipinski definition) is 6. The first-order valence-corrected chi connectivity index (χ1v) is 11.7. The summed E-state index contributed by atoms with van der Waals surface area (Å²) in [6.45, 7) is 6.08. The molecule has 1 amide bonds. The molecule has 0 aliphatic carbocycles. The molecular weight excluding hydrogens is 404 g/mol. The molecule has 0 spiro atoms. The van der Waals surface area contributed by atoms with Gasteiger partial charge in [0.15, 0.2) is 0 Å². The molecule has 0 atom stereocenters. The lowest BCUT2D eigenvalue weighted by Crippen LogP contribution is -2.35. The molecule has 2 heterocycles. The van der Waals surface area contributed by atoms with Crippen LogP contribution in [-0.4, -0.2) is 42.2 Å². The quantitative estimate of drug-likeness (QED) is 0.368. The Kier molecular flexibility index (Phi) is 7.75. The summed E-state index contributed by atoms with van der Waals surface area (Å²) in [4.78, 5) is 29.6. The van der Waals surface area contributed by atoms with Crippen molar-refractivity contribution in [2.24, 2.45) is 0 Å². The molecular formula is C22H28N2O3S2. The maximum absolute atomic E-state index is 12.5. The minimum absolute atomic E-state index is 0.0527. The van der Waals surface area contributed by atoms with Crippen molar-refractivity contribution >= 4 is 40.0 Å². The first-order chi connectivity index (χ1) is 14.0. The summed E-state index contributed by atoms with van der Waals surface area (Å²) in [5.41, 5.74) is 1.58. The minimum atomic E-state index is -0.365. The van der Waals surface area contributed by atoms with Crippen LogP contribution in [0.1, 0.15) is 47.5 Å². The van der Waals surface area contributed by atoms with Crippen molar-refractivity contribution in [3.63, 3.8) is 0 Å². The lowest BCUT2D eigenvalue weighted by molar-refractivity contribution is -0.116. The van der Waals surface area contributed by atoms with Crippen LogP contribution in [0.25, 0.3) is 0 Å². The van der Waals surface area contributed by atoms with Gasteiger partial charge in [0, 0.05) is 35.3 Å². The van der Waals surface area contributed by atoms with Gasteiger partial charge < -0.3 is 10.1 Å². The molecule has 0 saturated heterocycles. The fourth-order valence-electron chi connectivity index (χ4n) is 3.40. The second-order valence-corrected chi connectivity index (χ2v) is 9.60. The monoisotopic (exact) mass is 432 g/mol. The Labute approximate surface area is 180 Å². The first kappa shape index (κ1) is 21.9. The maximum atomic E-state index is 12.5. The van der Waals surface area contributed by atoms with Crippen LogP contribution in [0.3, 0.4) is 0 Å². The predicted octanol–water partition coefficient (Wildman–Crippen LogP) is 4.81. The number of carbonyl (C=O) groups is 2. The van der Waals surface area contributed by atoms with Gasteiger partial charge in [-0.1, -0.05) is 18.2 Å². The Morgan fingerprint density at radius 2 is 2.03 bits per heavy atom. The van der Waals surface area contributed by atoms with Crippen molar-refractivity contribution in [2.75, 3.05) is 24.7 Å². The number of thioether (sulfide) groups is 1. The van der Waals surface area contributed by atoms with E-state index >= 15 is 0 Å². The Bertz CT molecular complexity index is 849. The average Bonchev–Trinajstić information content (AvgIpc) is 3.08. The summed E-state index contributed by atoms with van der Waals surface area (Å²) in [6.07, 6.45) is 2.02. The molecule has 1 N–H and O–H groups in total. The number of methoxy groups -OCH3 is 1. The lowest BCUT2D eigenvalue weighted by atomic mass is 10.0. The molecule has 2 aromatic rings. The van der Waals surface area contributed by atoms with Crippen LogP contribution in [0.5, 0.6) is 0 Å². The molecule has 3 rings (SSSR count). The summed E-state index contributed by atoms with van der Waals surface area (Å²) in [7, 11) is 1.39. The van der Waals surface area contributed by atoms with Crippen LogP contribution in [0, 0.1) is 0 Å². The summed E-state index contributed by atoms with van der Waals surface area (Å²) in [6, 6.07) is 10.6. The molecule has 29 heavy (non-hydrogen) atoms. The summed E-state index contributed by atoms with van der Waals surface area (Å²) < 4.78 is 5.00. The van der Waals surface area contributed by atoms with Gasteiger partial charge in [0.05, 0.1) is 12.7 Å². The van der Waals surface area contributed by atoms with Gasteiger partial charge in [-0.15, -0.1) is 23.1 Å². The predicted molar refractivity (Wildman–Crippen MR) is 120 cm³/mol. The van der Waals surface area contributed by atoms with E-state index in [0.717, 1.165) is 42.1 Å². The number of anilines is 1. The van der Waals surface area contributed by atoms with Crippen molar-refractivity contribution in [2.45, 2.75) is 50.6 Å². The topological polar surface area (TPSA) is 58.6 Å². The zero-order chi connectivity index (χ0) is 20.8. The Morgan fingerprint density at radius 1 is 1.28 bits per heavy atom. The Hall–Kier alpha value is -1.83. The van der Waals surface area contributed by atoms with Gasteiger partial charge in [-0.3, -0.25) is 9.69 Å². The number of fused-ring (bicyclic) bond motifs is 1. The largest absolute Gasteiger partial charge is 0.465 e. The number of nitrogens with zero attached hydrogens (tertiary/aromatic N) is 1. The number of amides is 1. The highest BCUT2D eigenvalue weighted by molar-refractivity contribution is 7.99. The molecule has 1 aromatic carbocycles. The van der Waals surface area contributed by atoms with Gasteiger partial charge in [0.1, 0.15) is 5.00 Å². The van der Waals surface area contributed by atoms with Crippen LogP contribution in [0.2, 0.25) is 0 Å². The van der Waals surface area contributed by atoms with Gasteiger partial charge in [0.2, 0.25) is 5.91 Å². The zero-order valence-electron chi connectivity index (χ0n) is 17.2. The number of thiophene rings is 1. The van der Waals surface area contributed by atoms with Crippen molar-refractivity contribution in [1.82, 2.24) is 4.90 Å². The van der Waals surface area contributed by atoms with E-state index in [2.05, 4.69) is 36.2 Å². The van der Waals surface area contributed by atoms with Crippen LogP contribution in [0.15, 0.2) is 35.2 Å². The van der Waals surface area contributed by atoms with Crippen molar-refractivity contribution in [3.8, 4) is 0 Å². The number of carbonyl (C=O) groups excluding carboxylic acids is 2. The third-order valence-corrected chi connectivity index (χ3v) is 7.25. The smallest absolute Gasteiger partial charge is 0.341 e. The molecule has 0 saturated carbocycles.